The number of nitrogens with zero attached hydrogens (tertiary/aromatic N) is 2. The Morgan fingerprint density at radius 2 is 1.81 bits per heavy atom. The Balaban J connectivity index is 0.00000338. The monoisotopic (exact) mass is 403 g/mol. The van der Waals surface area contributed by atoms with E-state index in [0.29, 0.717) is 43.3 Å². The molecule has 0 spiro atoms. The third-order valence-electron chi connectivity index (χ3n) is 4.95. The fourth-order valence-electron chi connectivity index (χ4n) is 3.27. The first-order valence-electron chi connectivity index (χ1n) is 8.92. The third kappa shape index (κ3) is 4.76. The number of carbonyl (C=O) groups is 1. The molecule has 0 bridgehead atoms. The molecule has 2 rings (SSSR count). The maximum absolute atomic E-state index is 12.8. The summed E-state index contributed by atoms with van der Waals surface area (Å²) >= 11 is 0. The Kier molecular flexibility index (Phi) is 8.53. The van der Waals surface area contributed by atoms with Gasteiger partial charge in [-0.05, 0) is 44.5 Å². The van der Waals surface area contributed by atoms with E-state index in [1.807, 2.05) is 25.8 Å². The van der Waals surface area contributed by atoms with Gasteiger partial charge in [-0.15, -0.1) is 12.4 Å². The molecule has 0 aliphatic carbocycles. The Morgan fingerprint density at radius 3 is 2.31 bits per heavy atom. The molecule has 1 amide bonds. The molecule has 1 aromatic carbocycles. The summed E-state index contributed by atoms with van der Waals surface area (Å²) in [6, 6.07) is 5.43. The number of hydrogen-bond donors (Lipinski definition) is 1. The highest BCUT2D eigenvalue weighted by Gasteiger charge is 2.27. The molecule has 1 aromatic rings. The topological polar surface area (TPSA) is 69.7 Å². The second-order valence-corrected chi connectivity index (χ2v) is 8.33. The molecule has 8 heteroatoms. The molecule has 1 aliphatic rings. The van der Waals surface area contributed by atoms with E-state index in [1.54, 1.807) is 19.1 Å². The van der Waals surface area contributed by atoms with E-state index in [9.17, 15) is 13.2 Å². The van der Waals surface area contributed by atoms with Crippen LogP contribution in [0, 0.1) is 6.92 Å². The van der Waals surface area contributed by atoms with Gasteiger partial charge >= 0.3 is 0 Å². The molecule has 1 heterocycles. The number of piperidine rings is 1. The number of aryl methyl sites for hydroxylation is 1. The normalized spacial score (nSPS) is 15.8. The van der Waals surface area contributed by atoms with Crippen LogP contribution >= 0.6 is 12.4 Å². The van der Waals surface area contributed by atoms with E-state index < -0.39 is 10.0 Å². The molecule has 0 saturated carbocycles. The number of likely N-dealkylation sites (tertiary alicyclic amines) is 1. The van der Waals surface area contributed by atoms with Gasteiger partial charge in [-0.25, -0.2) is 8.42 Å². The molecule has 0 aromatic heterocycles. The SMILES string of the molecule is CCN(CC)S(=O)(=O)c1cc(C(=O)N2CCC(NC)CC2)ccc1C.Cl. The summed E-state index contributed by atoms with van der Waals surface area (Å²) in [4.78, 5) is 14.8. The van der Waals surface area contributed by atoms with Gasteiger partial charge in [0.15, 0.2) is 0 Å². The summed E-state index contributed by atoms with van der Waals surface area (Å²) in [5.74, 6) is -0.0921. The van der Waals surface area contributed by atoms with Gasteiger partial charge in [-0.2, -0.15) is 4.31 Å². The van der Waals surface area contributed by atoms with E-state index in [0.717, 1.165) is 12.8 Å². The highest BCUT2D eigenvalue weighted by Crippen LogP contribution is 2.23. The zero-order valence-electron chi connectivity index (χ0n) is 16.0. The summed E-state index contributed by atoms with van der Waals surface area (Å²) in [6.07, 6.45) is 1.83. The summed E-state index contributed by atoms with van der Waals surface area (Å²) in [6.45, 7) is 7.60. The quantitative estimate of drug-likeness (QED) is 0.791. The Morgan fingerprint density at radius 1 is 1.23 bits per heavy atom. The highest BCUT2D eigenvalue weighted by molar-refractivity contribution is 7.89. The van der Waals surface area contributed by atoms with Gasteiger partial charge in [0.2, 0.25) is 10.0 Å². The number of sulfonamides is 1. The molecule has 1 fully saturated rings. The molecule has 0 unspecified atom stereocenters. The molecule has 1 aliphatic heterocycles. The number of hydrogen-bond acceptors (Lipinski definition) is 4. The standard InChI is InChI=1S/C18H29N3O3S.ClH/c1-5-21(6-2)25(23,24)17-13-15(8-7-14(17)3)18(22)20-11-9-16(19-4)10-12-20;/h7-8,13,16,19H,5-6,9-12H2,1-4H3;1H. The lowest BCUT2D eigenvalue weighted by atomic mass is 10.0. The zero-order chi connectivity index (χ0) is 18.6. The third-order valence-corrected chi connectivity index (χ3v) is 7.14. The van der Waals surface area contributed by atoms with Gasteiger partial charge in [0.1, 0.15) is 0 Å². The number of carbonyl (C=O) groups excluding carboxylic acids is 1. The second kappa shape index (κ2) is 9.69. The van der Waals surface area contributed by atoms with Gasteiger partial charge in [-0.1, -0.05) is 19.9 Å². The lowest BCUT2D eigenvalue weighted by Crippen LogP contribution is -2.44. The number of benzene rings is 1. The average molecular weight is 404 g/mol. The van der Waals surface area contributed by atoms with Crippen LogP contribution in [0.1, 0.15) is 42.6 Å². The largest absolute Gasteiger partial charge is 0.339 e. The van der Waals surface area contributed by atoms with Crippen LogP contribution in [0.15, 0.2) is 23.1 Å². The lowest BCUT2D eigenvalue weighted by molar-refractivity contribution is 0.0707. The predicted octanol–water partition coefficient (Wildman–Crippen LogP) is 2.27. The van der Waals surface area contributed by atoms with Crippen molar-refractivity contribution in [2.24, 2.45) is 0 Å². The van der Waals surface area contributed by atoms with Gasteiger partial charge in [0, 0.05) is 37.8 Å². The van der Waals surface area contributed by atoms with Crippen molar-refractivity contribution < 1.29 is 13.2 Å². The molecule has 1 N–H and O–H groups in total. The molecule has 148 valence electrons. The van der Waals surface area contributed by atoms with Crippen molar-refractivity contribution in [1.29, 1.82) is 0 Å². The van der Waals surface area contributed by atoms with Gasteiger partial charge < -0.3 is 10.2 Å². The molecule has 0 radical (unpaired) electrons. The fraction of sp³-hybridized carbons (Fsp3) is 0.611. The first-order chi connectivity index (χ1) is 11.8. The van der Waals surface area contributed by atoms with Crippen LogP contribution in [0.3, 0.4) is 0 Å². The minimum atomic E-state index is -3.58. The lowest BCUT2D eigenvalue weighted by Gasteiger charge is -2.32. The second-order valence-electron chi connectivity index (χ2n) is 6.42. The average Bonchev–Trinajstić information content (AvgIpc) is 2.62. The highest BCUT2D eigenvalue weighted by atomic mass is 35.5. The maximum Gasteiger partial charge on any atom is 0.253 e. The van der Waals surface area contributed by atoms with Crippen molar-refractivity contribution in [1.82, 2.24) is 14.5 Å². The van der Waals surface area contributed by atoms with E-state index in [2.05, 4.69) is 5.32 Å². The first-order valence-corrected chi connectivity index (χ1v) is 10.4. The maximum atomic E-state index is 12.8. The van der Waals surface area contributed by atoms with Crippen LogP contribution < -0.4 is 5.32 Å². The van der Waals surface area contributed by atoms with Crippen LogP contribution in [-0.2, 0) is 10.0 Å². The number of rotatable bonds is 6. The number of amides is 1. The van der Waals surface area contributed by atoms with Crippen molar-refractivity contribution in [3.05, 3.63) is 29.3 Å². The van der Waals surface area contributed by atoms with Gasteiger partial charge in [0.25, 0.3) is 5.91 Å². The van der Waals surface area contributed by atoms with Crippen molar-refractivity contribution in [3.8, 4) is 0 Å². The minimum absolute atomic E-state index is 0. The van der Waals surface area contributed by atoms with E-state index in [1.165, 1.54) is 10.4 Å². The van der Waals surface area contributed by atoms with Crippen LogP contribution in [0.25, 0.3) is 0 Å². The van der Waals surface area contributed by atoms with E-state index in [-0.39, 0.29) is 23.2 Å². The molecular formula is C18H30ClN3O3S. The van der Waals surface area contributed by atoms with Crippen LogP contribution in [0.5, 0.6) is 0 Å². The summed E-state index contributed by atoms with van der Waals surface area (Å²) in [7, 11) is -1.64. The predicted molar refractivity (Wildman–Crippen MR) is 107 cm³/mol. The van der Waals surface area contributed by atoms with Crippen molar-refractivity contribution in [2.75, 3.05) is 33.2 Å². The fourth-order valence-corrected chi connectivity index (χ4v) is 4.98. The molecule has 26 heavy (non-hydrogen) atoms. The van der Waals surface area contributed by atoms with Crippen molar-refractivity contribution >= 4 is 28.3 Å². The van der Waals surface area contributed by atoms with Crippen LogP contribution in [0.2, 0.25) is 0 Å². The Hall–Kier alpha value is -1.15. The first kappa shape index (κ1) is 22.9. The number of halogens is 1. The van der Waals surface area contributed by atoms with E-state index in [4.69, 9.17) is 0 Å². The summed E-state index contributed by atoms with van der Waals surface area (Å²) in [5, 5.41) is 3.24. The van der Waals surface area contributed by atoms with E-state index >= 15 is 0 Å². The molecule has 0 atom stereocenters. The minimum Gasteiger partial charge on any atom is -0.339 e. The van der Waals surface area contributed by atoms with Crippen LogP contribution in [0.4, 0.5) is 0 Å². The van der Waals surface area contributed by atoms with Crippen molar-refractivity contribution in [2.45, 2.75) is 44.6 Å². The molecule has 1 saturated heterocycles. The Bertz CT molecular complexity index is 712. The zero-order valence-corrected chi connectivity index (χ0v) is 17.6. The summed E-state index contributed by atoms with van der Waals surface area (Å²) in [5.41, 5.74) is 1.11. The summed E-state index contributed by atoms with van der Waals surface area (Å²) < 4.78 is 27.1. The smallest absolute Gasteiger partial charge is 0.253 e. The van der Waals surface area contributed by atoms with Gasteiger partial charge in [-0.3, -0.25) is 4.79 Å². The van der Waals surface area contributed by atoms with Gasteiger partial charge in [0.05, 0.1) is 4.90 Å². The van der Waals surface area contributed by atoms with Crippen LogP contribution in [-0.4, -0.2) is 62.8 Å². The number of nitrogens with one attached hydrogen (secondary N) is 1. The molecular weight excluding hydrogens is 374 g/mol. The molecule has 6 nitrogen and oxygen atoms in total. The van der Waals surface area contributed by atoms with Crippen molar-refractivity contribution in [3.63, 3.8) is 0 Å². The Labute approximate surface area is 163 Å².